The van der Waals surface area contributed by atoms with Crippen molar-refractivity contribution in [2.75, 3.05) is 18.6 Å². The molecule has 1 amide bonds. The van der Waals surface area contributed by atoms with Gasteiger partial charge in [0.05, 0.1) is 24.2 Å². The van der Waals surface area contributed by atoms with E-state index in [1.165, 1.54) is 0 Å². The quantitative estimate of drug-likeness (QED) is 0.585. The lowest BCUT2D eigenvalue weighted by Crippen LogP contribution is -2.25. The van der Waals surface area contributed by atoms with E-state index in [2.05, 4.69) is 0 Å². The average Bonchev–Trinajstić information content (AvgIpc) is 3.28. The molecule has 0 N–H and O–H groups in total. The summed E-state index contributed by atoms with van der Waals surface area (Å²) in [5.41, 5.74) is 2.46. The first-order chi connectivity index (χ1) is 14.5. The summed E-state index contributed by atoms with van der Waals surface area (Å²) in [6.45, 7) is 4.21. The summed E-state index contributed by atoms with van der Waals surface area (Å²) in [6.07, 6.45) is 0.145. The van der Waals surface area contributed by atoms with Gasteiger partial charge in [0.2, 0.25) is 5.91 Å². The molecule has 1 saturated heterocycles. The van der Waals surface area contributed by atoms with Crippen molar-refractivity contribution in [3.8, 4) is 5.75 Å². The molecule has 7 nitrogen and oxygen atoms in total. The number of anilines is 1. The molecule has 3 aromatic rings. The Hall–Kier alpha value is -3.35. The first-order valence-electron chi connectivity index (χ1n) is 10.1. The number of amides is 1. The van der Waals surface area contributed by atoms with Crippen LogP contribution in [-0.4, -0.2) is 41.2 Å². The largest absolute Gasteiger partial charge is 0.497 e. The van der Waals surface area contributed by atoms with Crippen molar-refractivity contribution >= 4 is 28.6 Å². The number of esters is 1. The molecule has 0 aliphatic carbocycles. The first-order valence-corrected chi connectivity index (χ1v) is 10.1. The maximum Gasteiger partial charge on any atom is 0.326 e. The third-order valence-corrected chi connectivity index (χ3v) is 5.19. The molecule has 0 saturated carbocycles. The van der Waals surface area contributed by atoms with Gasteiger partial charge in [-0.3, -0.25) is 9.59 Å². The van der Waals surface area contributed by atoms with Gasteiger partial charge >= 0.3 is 5.97 Å². The third kappa shape index (κ3) is 3.87. The summed E-state index contributed by atoms with van der Waals surface area (Å²) in [5, 5.41) is 0. The van der Waals surface area contributed by atoms with Crippen LogP contribution in [0.15, 0.2) is 48.5 Å². The van der Waals surface area contributed by atoms with E-state index in [0.717, 1.165) is 22.5 Å². The summed E-state index contributed by atoms with van der Waals surface area (Å²) in [6, 6.07) is 15.1. The number of fused-ring (bicyclic) bond motifs is 1. The number of aromatic nitrogens is 2. The van der Waals surface area contributed by atoms with E-state index >= 15 is 0 Å². The Balaban J connectivity index is 1.66. The molecule has 0 unspecified atom stereocenters. The molecular formula is C23H25N3O4. The Labute approximate surface area is 175 Å². The number of methoxy groups -OCH3 is 1. The molecule has 1 atom stereocenters. The Morgan fingerprint density at radius 2 is 2.00 bits per heavy atom. The van der Waals surface area contributed by atoms with Gasteiger partial charge in [0.1, 0.15) is 18.1 Å². The van der Waals surface area contributed by atoms with Gasteiger partial charge in [-0.15, -0.1) is 0 Å². The number of benzene rings is 2. The number of imidazole rings is 1. The van der Waals surface area contributed by atoms with Gasteiger partial charge in [0.25, 0.3) is 0 Å². The lowest BCUT2D eigenvalue weighted by molar-refractivity contribution is -0.148. The summed E-state index contributed by atoms with van der Waals surface area (Å²) in [5.74, 6) is 1.02. The van der Waals surface area contributed by atoms with Crippen LogP contribution in [0.5, 0.6) is 5.75 Å². The van der Waals surface area contributed by atoms with E-state index in [4.69, 9.17) is 14.5 Å². The summed E-state index contributed by atoms with van der Waals surface area (Å²) >= 11 is 0. The minimum atomic E-state index is -0.316. The fourth-order valence-electron chi connectivity index (χ4n) is 3.91. The van der Waals surface area contributed by atoms with Gasteiger partial charge < -0.3 is 18.9 Å². The Morgan fingerprint density at radius 1 is 1.20 bits per heavy atom. The minimum absolute atomic E-state index is 0.0246. The standard InChI is InChI=1S/C23H25N3O4/c1-15(2)30-22(28)14-26-20-10-5-4-9-19(20)24-23(26)16-11-21(27)25(13-16)17-7-6-8-18(12-17)29-3/h4-10,12,15-16H,11,13-14H2,1-3H3/t16-/m0/s1. The molecule has 1 aliphatic heterocycles. The summed E-state index contributed by atoms with van der Waals surface area (Å²) in [4.78, 5) is 31.7. The highest BCUT2D eigenvalue weighted by Gasteiger charge is 2.35. The zero-order valence-corrected chi connectivity index (χ0v) is 17.4. The molecule has 4 rings (SSSR count). The lowest BCUT2D eigenvalue weighted by atomic mass is 10.1. The van der Waals surface area contributed by atoms with Gasteiger partial charge in [-0.1, -0.05) is 18.2 Å². The van der Waals surface area contributed by atoms with Crippen molar-refractivity contribution in [1.82, 2.24) is 9.55 Å². The van der Waals surface area contributed by atoms with Crippen LogP contribution in [0.2, 0.25) is 0 Å². The average molecular weight is 407 g/mol. The van der Waals surface area contributed by atoms with Gasteiger partial charge in [-0.25, -0.2) is 4.98 Å². The van der Waals surface area contributed by atoms with Crippen LogP contribution in [-0.2, 0) is 20.9 Å². The zero-order chi connectivity index (χ0) is 21.3. The van der Waals surface area contributed by atoms with E-state index in [0.29, 0.717) is 18.7 Å². The lowest BCUT2D eigenvalue weighted by Gasteiger charge is -2.18. The highest BCUT2D eigenvalue weighted by Crippen LogP contribution is 2.34. The number of nitrogens with zero attached hydrogens (tertiary/aromatic N) is 3. The van der Waals surface area contributed by atoms with Gasteiger partial charge in [0.15, 0.2) is 0 Å². The molecule has 2 heterocycles. The first kappa shape index (κ1) is 19.9. The SMILES string of the molecule is COc1cccc(N2C[C@@H](c3nc4ccccc4n3CC(=O)OC(C)C)CC2=O)c1. The van der Waals surface area contributed by atoms with Crippen LogP contribution in [0.1, 0.15) is 32.0 Å². The maximum atomic E-state index is 12.8. The highest BCUT2D eigenvalue weighted by atomic mass is 16.5. The summed E-state index contributed by atoms with van der Waals surface area (Å²) < 4.78 is 12.5. The van der Waals surface area contributed by atoms with Crippen molar-refractivity contribution in [2.24, 2.45) is 0 Å². The van der Waals surface area contributed by atoms with Crippen molar-refractivity contribution in [3.05, 3.63) is 54.4 Å². The maximum absolute atomic E-state index is 12.8. The minimum Gasteiger partial charge on any atom is -0.497 e. The molecule has 7 heteroatoms. The predicted molar refractivity (Wildman–Crippen MR) is 114 cm³/mol. The number of carbonyl (C=O) groups is 2. The molecule has 0 spiro atoms. The highest BCUT2D eigenvalue weighted by molar-refractivity contribution is 5.96. The van der Waals surface area contributed by atoms with Crippen LogP contribution in [0.4, 0.5) is 5.69 Å². The molecule has 156 valence electrons. The van der Waals surface area contributed by atoms with E-state index < -0.39 is 0 Å². The number of para-hydroxylation sites is 2. The molecule has 2 aromatic carbocycles. The molecule has 1 aliphatic rings. The Bertz CT molecular complexity index is 1090. The topological polar surface area (TPSA) is 73.7 Å². The van der Waals surface area contributed by atoms with Crippen LogP contribution in [0.25, 0.3) is 11.0 Å². The van der Waals surface area contributed by atoms with Gasteiger partial charge in [-0.2, -0.15) is 0 Å². The van der Waals surface area contributed by atoms with E-state index in [9.17, 15) is 9.59 Å². The monoisotopic (exact) mass is 407 g/mol. The van der Waals surface area contributed by atoms with Crippen LogP contribution in [0.3, 0.4) is 0 Å². The number of hydrogen-bond donors (Lipinski definition) is 0. The van der Waals surface area contributed by atoms with E-state index in [-0.39, 0.29) is 30.4 Å². The predicted octanol–water partition coefficient (Wildman–Crippen LogP) is 3.52. The van der Waals surface area contributed by atoms with Gasteiger partial charge in [-0.05, 0) is 38.1 Å². The van der Waals surface area contributed by atoms with Crippen molar-refractivity contribution < 1.29 is 19.1 Å². The fourth-order valence-corrected chi connectivity index (χ4v) is 3.91. The van der Waals surface area contributed by atoms with E-state index in [1.807, 2.05) is 66.9 Å². The second kappa shape index (κ2) is 8.18. The second-order valence-corrected chi connectivity index (χ2v) is 7.69. The number of hydrogen-bond acceptors (Lipinski definition) is 5. The van der Waals surface area contributed by atoms with E-state index in [1.54, 1.807) is 12.0 Å². The van der Waals surface area contributed by atoms with Crippen molar-refractivity contribution in [3.63, 3.8) is 0 Å². The Morgan fingerprint density at radius 3 is 2.77 bits per heavy atom. The summed E-state index contributed by atoms with van der Waals surface area (Å²) in [7, 11) is 1.60. The molecule has 1 fully saturated rings. The zero-order valence-electron chi connectivity index (χ0n) is 17.4. The third-order valence-electron chi connectivity index (χ3n) is 5.19. The van der Waals surface area contributed by atoms with Gasteiger partial charge in [0, 0.05) is 30.6 Å². The van der Waals surface area contributed by atoms with Crippen LogP contribution in [0, 0.1) is 0 Å². The molecule has 0 bridgehead atoms. The fraction of sp³-hybridized carbons (Fsp3) is 0.348. The smallest absolute Gasteiger partial charge is 0.326 e. The molecule has 30 heavy (non-hydrogen) atoms. The molecule has 0 radical (unpaired) electrons. The van der Waals surface area contributed by atoms with Crippen molar-refractivity contribution in [1.29, 1.82) is 0 Å². The van der Waals surface area contributed by atoms with Crippen LogP contribution < -0.4 is 9.64 Å². The molecule has 1 aromatic heterocycles. The number of rotatable bonds is 6. The second-order valence-electron chi connectivity index (χ2n) is 7.69. The number of carbonyl (C=O) groups excluding carboxylic acids is 2. The van der Waals surface area contributed by atoms with Crippen LogP contribution >= 0.6 is 0 Å². The van der Waals surface area contributed by atoms with Crippen molar-refractivity contribution in [2.45, 2.75) is 38.8 Å². The molecular weight excluding hydrogens is 382 g/mol. The normalized spacial score (nSPS) is 16.5. The number of ether oxygens (including phenoxy) is 2. The Kier molecular flexibility index (Phi) is 5.44.